The van der Waals surface area contributed by atoms with Gasteiger partial charge in [0.1, 0.15) is 11.6 Å². The summed E-state index contributed by atoms with van der Waals surface area (Å²) in [4.78, 5) is 12.1. The van der Waals surface area contributed by atoms with Gasteiger partial charge in [-0.3, -0.25) is 0 Å². The van der Waals surface area contributed by atoms with Crippen LogP contribution < -0.4 is 4.31 Å². The summed E-state index contributed by atoms with van der Waals surface area (Å²) in [5.74, 6) is -2.29. The molecule has 0 N–H and O–H groups in total. The third-order valence-corrected chi connectivity index (χ3v) is 6.53. The fourth-order valence-corrected chi connectivity index (χ4v) is 4.65. The van der Waals surface area contributed by atoms with Crippen LogP contribution in [0.5, 0.6) is 0 Å². The number of anilines is 2. The molecule has 0 fully saturated rings. The van der Waals surface area contributed by atoms with Crippen LogP contribution in [0.2, 0.25) is 5.02 Å². The van der Waals surface area contributed by atoms with Gasteiger partial charge in [-0.1, -0.05) is 44.2 Å². The van der Waals surface area contributed by atoms with Gasteiger partial charge in [0.05, 0.1) is 34.1 Å². The van der Waals surface area contributed by atoms with Crippen LogP contribution in [0.25, 0.3) is 10.9 Å². The summed E-state index contributed by atoms with van der Waals surface area (Å²) in [6.07, 6.45) is 6.65. The number of carbonyl (C=O) groups excluding carboxylic acids is 1. The highest BCUT2D eigenvalue weighted by atomic mass is 35.5. The number of nitrogens with zero attached hydrogens (tertiary/aromatic N) is 2. The highest BCUT2D eigenvalue weighted by Gasteiger charge is 2.24. The maximum absolute atomic E-state index is 14.8. The number of fused-ring (bicyclic) bond motifs is 1. The number of hydrogen-bond acceptors (Lipinski definition) is 4. The second-order valence-corrected chi connectivity index (χ2v) is 9.12. The Labute approximate surface area is 204 Å². The van der Waals surface area contributed by atoms with E-state index in [9.17, 15) is 22.0 Å². The Kier molecular flexibility index (Phi) is 8.90. The second-order valence-electron chi connectivity index (χ2n) is 7.84. The molecule has 0 aliphatic carbocycles. The zero-order valence-electron chi connectivity index (χ0n) is 19.0. The van der Waals surface area contributed by atoms with E-state index in [4.69, 9.17) is 16.3 Å². The highest BCUT2D eigenvalue weighted by molar-refractivity contribution is 7.74. The average molecular weight is 513 g/mol. The number of aryl methyl sites for hydroxylation is 1. The van der Waals surface area contributed by atoms with E-state index < -0.39 is 28.5 Å². The molecule has 1 aromatic heterocycles. The van der Waals surface area contributed by atoms with Crippen molar-refractivity contribution in [2.45, 2.75) is 52.5 Å². The number of carbonyl (C=O) groups is 1. The second kappa shape index (κ2) is 11.7. The largest absolute Gasteiger partial charge is 0.462 e. The van der Waals surface area contributed by atoms with Gasteiger partial charge >= 0.3 is 5.97 Å². The number of esters is 1. The Morgan fingerprint density at radius 1 is 1.03 bits per heavy atom. The molecule has 34 heavy (non-hydrogen) atoms. The molecule has 0 atom stereocenters. The Morgan fingerprint density at radius 2 is 1.76 bits per heavy atom. The van der Waals surface area contributed by atoms with E-state index in [1.54, 1.807) is 17.7 Å². The Morgan fingerprint density at radius 3 is 2.44 bits per heavy atom. The summed E-state index contributed by atoms with van der Waals surface area (Å²) in [5, 5.41) is 0.161. The lowest BCUT2D eigenvalue weighted by atomic mass is 10.1. The molecule has 184 valence electrons. The van der Waals surface area contributed by atoms with Crippen molar-refractivity contribution in [1.29, 1.82) is 0 Å². The van der Waals surface area contributed by atoms with Crippen LogP contribution in [0.15, 0.2) is 36.5 Å². The summed E-state index contributed by atoms with van der Waals surface area (Å²) >= 11 is 6.01. The summed E-state index contributed by atoms with van der Waals surface area (Å²) in [6, 6.07) is 5.89. The molecule has 0 saturated heterocycles. The summed E-state index contributed by atoms with van der Waals surface area (Å²) in [6.45, 7) is 4.41. The molecule has 0 amide bonds. The molecule has 1 heterocycles. The summed E-state index contributed by atoms with van der Waals surface area (Å²) in [5.41, 5.74) is 0.226. The predicted molar refractivity (Wildman–Crippen MR) is 130 cm³/mol. The zero-order chi connectivity index (χ0) is 24.8. The van der Waals surface area contributed by atoms with Gasteiger partial charge in [-0.15, -0.1) is 0 Å². The molecule has 0 saturated carbocycles. The van der Waals surface area contributed by atoms with Crippen LogP contribution in [0, 0.1) is 11.6 Å². The van der Waals surface area contributed by atoms with E-state index in [0.717, 1.165) is 54.6 Å². The van der Waals surface area contributed by atoms with Crippen LogP contribution >= 0.6 is 11.6 Å². The monoisotopic (exact) mass is 512 g/mol. The number of thiol groups is 1. The lowest BCUT2D eigenvalue weighted by Crippen LogP contribution is -2.17. The van der Waals surface area contributed by atoms with Crippen molar-refractivity contribution in [2.75, 3.05) is 10.9 Å². The number of hydrogen-bond donors (Lipinski definition) is 1. The van der Waals surface area contributed by atoms with Gasteiger partial charge in [-0.05, 0) is 43.7 Å². The average Bonchev–Trinajstić information content (AvgIpc) is 3.12. The van der Waals surface area contributed by atoms with Gasteiger partial charge < -0.3 is 9.30 Å². The molecule has 0 aliphatic rings. The zero-order valence-corrected chi connectivity index (χ0v) is 20.7. The van der Waals surface area contributed by atoms with Gasteiger partial charge in [0.2, 0.25) is 10.9 Å². The SMILES string of the molecule is CCCCCCCn1cc(N(c2cc(C(=O)OCC)ccc2F)[SH](=O)=O)c2cc(F)c(Cl)cc21. The lowest BCUT2D eigenvalue weighted by molar-refractivity contribution is 0.0526. The van der Waals surface area contributed by atoms with Crippen molar-refractivity contribution in [2.24, 2.45) is 0 Å². The number of halogens is 3. The van der Waals surface area contributed by atoms with Crippen LogP contribution in [-0.2, 0) is 22.2 Å². The van der Waals surface area contributed by atoms with Crippen molar-refractivity contribution < 1.29 is 26.7 Å². The quantitative estimate of drug-likeness (QED) is 0.184. The molecule has 2 aromatic carbocycles. The number of unbranched alkanes of at least 4 members (excludes halogenated alkanes) is 4. The number of ether oxygens (including phenoxy) is 1. The molecule has 3 rings (SSSR count). The standard InChI is InChI=1S/C24H27ClF2N2O4S/c1-3-5-6-7-8-11-28-15-23(17-13-20(27)18(25)14-21(17)28)29(34(31)32)22-12-16(9-10-19(22)26)24(30)33-4-2/h9-10,12-15,34H,3-8,11H2,1-2H3. The van der Waals surface area contributed by atoms with E-state index in [1.807, 2.05) is 0 Å². The number of benzene rings is 2. The van der Waals surface area contributed by atoms with E-state index in [2.05, 4.69) is 6.92 Å². The molecular formula is C24H27ClF2N2O4S. The highest BCUT2D eigenvalue weighted by Crippen LogP contribution is 2.38. The molecule has 6 nitrogen and oxygen atoms in total. The van der Waals surface area contributed by atoms with E-state index in [-0.39, 0.29) is 34.0 Å². The van der Waals surface area contributed by atoms with E-state index >= 15 is 0 Å². The first-order valence-electron chi connectivity index (χ1n) is 11.2. The maximum Gasteiger partial charge on any atom is 0.338 e. The number of rotatable bonds is 11. The van der Waals surface area contributed by atoms with Gasteiger partial charge in [-0.25, -0.2) is 26.3 Å². The molecule has 0 bridgehead atoms. The first-order valence-corrected chi connectivity index (χ1v) is 12.7. The van der Waals surface area contributed by atoms with Gasteiger partial charge in [0, 0.05) is 18.1 Å². The van der Waals surface area contributed by atoms with Crippen LogP contribution in [0.3, 0.4) is 0 Å². The molecule has 0 unspecified atom stereocenters. The van der Waals surface area contributed by atoms with Crippen LogP contribution in [0.1, 0.15) is 56.3 Å². The third-order valence-electron chi connectivity index (χ3n) is 5.48. The lowest BCUT2D eigenvalue weighted by Gasteiger charge is -2.18. The Hall–Kier alpha value is -2.65. The van der Waals surface area contributed by atoms with E-state index in [1.165, 1.54) is 12.1 Å². The maximum atomic E-state index is 14.8. The van der Waals surface area contributed by atoms with Crippen molar-refractivity contribution in [3.63, 3.8) is 0 Å². The third kappa shape index (κ3) is 5.70. The van der Waals surface area contributed by atoms with Crippen molar-refractivity contribution in [3.8, 4) is 0 Å². The first kappa shape index (κ1) is 26.0. The summed E-state index contributed by atoms with van der Waals surface area (Å²) in [7, 11) is -3.40. The summed E-state index contributed by atoms with van der Waals surface area (Å²) < 4.78 is 61.4. The van der Waals surface area contributed by atoms with Crippen molar-refractivity contribution in [3.05, 3.63) is 58.7 Å². The van der Waals surface area contributed by atoms with Crippen LogP contribution in [-0.4, -0.2) is 25.6 Å². The normalized spacial score (nSPS) is 11.4. The molecular weight excluding hydrogens is 486 g/mol. The van der Waals surface area contributed by atoms with Crippen molar-refractivity contribution in [1.82, 2.24) is 4.57 Å². The molecule has 10 heteroatoms. The Balaban J connectivity index is 2.12. The number of aromatic nitrogens is 1. The van der Waals surface area contributed by atoms with E-state index in [0.29, 0.717) is 12.1 Å². The smallest absolute Gasteiger partial charge is 0.338 e. The molecule has 0 aliphatic heterocycles. The predicted octanol–water partition coefficient (Wildman–Crippen LogP) is 6.38. The Bertz CT molecular complexity index is 1250. The fraction of sp³-hybridized carbons (Fsp3) is 0.375. The van der Waals surface area contributed by atoms with Crippen LogP contribution in [0.4, 0.5) is 20.2 Å². The minimum absolute atomic E-state index is 0.00557. The molecule has 0 radical (unpaired) electrons. The topological polar surface area (TPSA) is 68.6 Å². The van der Waals surface area contributed by atoms with Crippen molar-refractivity contribution >= 4 is 50.7 Å². The molecule has 3 aromatic rings. The molecule has 0 spiro atoms. The minimum atomic E-state index is -3.40. The van der Waals surface area contributed by atoms with Gasteiger partial charge in [0.15, 0.2) is 0 Å². The first-order chi connectivity index (χ1) is 16.3. The van der Waals surface area contributed by atoms with Gasteiger partial charge in [-0.2, -0.15) is 0 Å². The van der Waals surface area contributed by atoms with Gasteiger partial charge in [0.25, 0.3) is 0 Å². The fourth-order valence-electron chi connectivity index (χ4n) is 3.83. The minimum Gasteiger partial charge on any atom is -0.462 e.